The van der Waals surface area contributed by atoms with Crippen LogP contribution in [0.1, 0.15) is 39.2 Å². The van der Waals surface area contributed by atoms with Gasteiger partial charge in [-0.1, -0.05) is 25.4 Å². The Kier molecular flexibility index (Phi) is 7.03. The normalized spacial score (nSPS) is 12.3. The molecule has 0 aliphatic heterocycles. The minimum Gasteiger partial charge on any atom is -0.493 e. The molecule has 1 atom stereocenters. The molecule has 0 saturated heterocycles. The summed E-state index contributed by atoms with van der Waals surface area (Å²) in [6, 6.07) is 4.40. The fourth-order valence-corrected chi connectivity index (χ4v) is 1.94. The van der Waals surface area contributed by atoms with Crippen LogP contribution in [0.15, 0.2) is 12.1 Å². The monoisotopic (exact) mass is 285 g/mol. The first-order chi connectivity index (χ1) is 9.12. The zero-order valence-electron chi connectivity index (χ0n) is 12.3. The summed E-state index contributed by atoms with van der Waals surface area (Å²) in [6.07, 6.45) is 2.04. The first-order valence-corrected chi connectivity index (χ1v) is 7.22. The second kappa shape index (κ2) is 8.28. The van der Waals surface area contributed by atoms with E-state index in [1.165, 1.54) is 0 Å². The van der Waals surface area contributed by atoms with Crippen molar-refractivity contribution in [2.45, 2.75) is 46.2 Å². The molecule has 0 aromatic heterocycles. The largest absolute Gasteiger partial charge is 0.493 e. The Morgan fingerprint density at radius 2 is 2.05 bits per heavy atom. The third-order valence-electron chi connectivity index (χ3n) is 3.01. The molecule has 1 N–H and O–H groups in total. The third-order valence-corrected chi connectivity index (χ3v) is 3.29. The predicted molar refractivity (Wildman–Crippen MR) is 80.4 cm³/mol. The first kappa shape index (κ1) is 16.1. The minimum absolute atomic E-state index is 0.487. The van der Waals surface area contributed by atoms with E-state index in [9.17, 15) is 0 Å². The Morgan fingerprint density at radius 3 is 2.63 bits per heavy atom. The summed E-state index contributed by atoms with van der Waals surface area (Å²) in [4.78, 5) is 0. The van der Waals surface area contributed by atoms with E-state index in [4.69, 9.17) is 21.1 Å². The molecule has 0 saturated carbocycles. The molecule has 0 radical (unpaired) electrons. The van der Waals surface area contributed by atoms with Gasteiger partial charge in [-0.05, 0) is 37.5 Å². The van der Waals surface area contributed by atoms with Crippen LogP contribution in [0, 0.1) is 0 Å². The molecule has 0 unspecified atom stereocenters. The molecule has 0 spiro atoms. The highest BCUT2D eigenvalue weighted by Crippen LogP contribution is 2.36. The van der Waals surface area contributed by atoms with Crippen LogP contribution in [0.5, 0.6) is 11.5 Å². The van der Waals surface area contributed by atoms with Gasteiger partial charge in [0.05, 0.1) is 18.7 Å². The zero-order chi connectivity index (χ0) is 14.3. The van der Waals surface area contributed by atoms with Gasteiger partial charge in [0.1, 0.15) is 0 Å². The molecule has 0 bridgehead atoms. The van der Waals surface area contributed by atoms with Crippen LogP contribution in [0.4, 0.5) is 0 Å². The van der Waals surface area contributed by atoms with Crippen molar-refractivity contribution in [1.29, 1.82) is 0 Å². The number of hydrogen-bond acceptors (Lipinski definition) is 3. The van der Waals surface area contributed by atoms with Gasteiger partial charge in [-0.2, -0.15) is 0 Å². The number of hydrogen-bond donors (Lipinski definition) is 1. The Labute approximate surface area is 121 Å². The van der Waals surface area contributed by atoms with Crippen molar-refractivity contribution in [2.24, 2.45) is 0 Å². The van der Waals surface area contributed by atoms with Crippen LogP contribution in [0.25, 0.3) is 0 Å². The molecule has 0 heterocycles. The van der Waals surface area contributed by atoms with Crippen molar-refractivity contribution >= 4 is 11.6 Å². The van der Waals surface area contributed by atoms with Crippen molar-refractivity contribution in [1.82, 2.24) is 5.32 Å². The van der Waals surface area contributed by atoms with Gasteiger partial charge >= 0.3 is 0 Å². The molecule has 1 rings (SSSR count). The molecular weight excluding hydrogens is 262 g/mol. The average molecular weight is 286 g/mol. The number of halogens is 1. The van der Waals surface area contributed by atoms with Crippen molar-refractivity contribution in [3.8, 4) is 11.5 Å². The average Bonchev–Trinajstić information content (AvgIpc) is 2.42. The number of benzene rings is 1. The quantitative estimate of drug-likeness (QED) is 0.782. The van der Waals surface area contributed by atoms with Crippen LogP contribution in [-0.4, -0.2) is 19.8 Å². The SMILES string of the molecule is CCCOc1c(Cl)cc(CN[C@@H](C)CC)cc1OC. The summed E-state index contributed by atoms with van der Waals surface area (Å²) in [5.41, 5.74) is 1.10. The Morgan fingerprint density at radius 1 is 1.32 bits per heavy atom. The van der Waals surface area contributed by atoms with Crippen molar-refractivity contribution in [3.63, 3.8) is 0 Å². The molecule has 1 aromatic rings. The number of methoxy groups -OCH3 is 1. The lowest BCUT2D eigenvalue weighted by atomic mass is 10.1. The Bertz CT molecular complexity index is 396. The molecule has 0 aliphatic carbocycles. The lowest BCUT2D eigenvalue weighted by Crippen LogP contribution is -2.24. The molecular formula is C15H24ClNO2. The summed E-state index contributed by atoms with van der Waals surface area (Å²) in [5.74, 6) is 1.33. The molecule has 1 aromatic carbocycles. The lowest BCUT2D eigenvalue weighted by Gasteiger charge is -2.15. The maximum atomic E-state index is 6.27. The fourth-order valence-electron chi connectivity index (χ4n) is 1.66. The number of nitrogens with one attached hydrogen (secondary N) is 1. The van der Waals surface area contributed by atoms with Gasteiger partial charge in [0.25, 0.3) is 0 Å². The van der Waals surface area contributed by atoms with Crippen molar-refractivity contribution in [3.05, 3.63) is 22.7 Å². The maximum Gasteiger partial charge on any atom is 0.179 e. The van der Waals surface area contributed by atoms with E-state index in [0.29, 0.717) is 29.2 Å². The highest BCUT2D eigenvalue weighted by atomic mass is 35.5. The van der Waals surface area contributed by atoms with Gasteiger partial charge in [-0.25, -0.2) is 0 Å². The summed E-state index contributed by atoms with van der Waals surface area (Å²) in [5, 5.41) is 4.04. The van der Waals surface area contributed by atoms with Gasteiger partial charge in [0.2, 0.25) is 0 Å². The van der Waals surface area contributed by atoms with E-state index < -0.39 is 0 Å². The second-order valence-corrected chi connectivity index (χ2v) is 5.05. The topological polar surface area (TPSA) is 30.5 Å². The van der Waals surface area contributed by atoms with Crippen molar-refractivity contribution < 1.29 is 9.47 Å². The number of rotatable bonds is 8. The summed E-state index contributed by atoms with van der Waals surface area (Å²) < 4.78 is 11.0. The summed E-state index contributed by atoms with van der Waals surface area (Å²) in [7, 11) is 1.64. The first-order valence-electron chi connectivity index (χ1n) is 6.84. The fraction of sp³-hybridized carbons (Fsp3) is 0.600. The minimum atomic E-state index is 0.487. The van der Waals surface area contributed by atoms with Gasteiger partial charge in [0.15, 0.2) is 11.5 Å². The van der Waals surface area contributed by atoms with Gasteiger partial charge < -0.3 is 14.8 Å². The van der Waals surface area contributed by atoms with Crippen LogP contribution < -0.4 is 14.8 Å². The number of ether oxygens (including phenoxy) is 2. The van der Waals surface area contributed by atoms with E-state index >= 15 is 0 Å². The van der Waals surface area contributed by atoms with Crippen LogP contribution in [0.3, 0.4) is 0 Å². The van der Waals surface area contributed by atoms with E-state index in [1.54, 1.807) is 7.11 Å². The maximum absolute atomic E-state index is 6.27. The zero-order valence-corrected chi connectivity index (χ0v) is 13.0. The highest BCUT2D eigenvalue weighted by Gasteiger charge is 2.12. The highest BCUT2D eigenvalue weighted by molar-refractivity contribution is 6.32. The molecule has 4 heteroatoms. The third kappa shape index (κ3) is 4.92. The Balaban J connectivity index is 2.83. The molecule has 108 valence electrons. The molecule has 0 aliphatic rings. The van der Waals surface area contributed by atoms with Crippen LogP contribution in [-0.2, 0) is 6.54 Å². The summed E-state index contributed by atoms with van der Waals surface area (Å²) >= 11 is 6.27. The molecule has 3 nitrogen and oxygen atoms in total. The predicted octanol–water partition coefficient (Wildman–Crippen LogP) is 4.03. The van der Waals surface area contributed by atoms with E-state index in [-0.39, 0.29) is 0 Å². The van der Waals surface area contributed by atoms with Crippen molar-refractivity contribution in [2.75, 3.05) is 13.7 Å². The molecule has 0 fully saturated rings. The smallest absolute Gasteiger partial charge is 0.179 e. The molecule has 19 heavy (non-hydrogen) atoms. The second-order valence-electron chi connectivity index (χ2n) is 4.65. The summed E-state index contributed by atoms with van der Waals surface area (Å²) in [6.45, 7) is 7.80. The Hall–Kier alpha value is -0.930. The standard InChI is InChI=1S/C15H24ClNO2/c1-5-7-19-15-13(16)8-12(9-14(15)18-4)10-17-11(3)6-2/h8-9,11,17H,5-7,10H2,1-4H3/t11-/m0/s1. The van der Waals surface area contributed by atoms with Gasteiger partial charge in [-0.3, -0.25) is 0 Å². The van der Waals surface area contributed by atoms with E-state index in [1.807, 2.05) is 12.1 Å². The van der Waals surface area contributed by atoms with Crippen LogP contribution >= 0.6 is 11.6 Å². The lowest BCUT2D eigenvalue weighted by molar-refractivity contribution is 0.294. The van der Waals surface area contributed by atoms with E-state index in [2.05, 4.69) is 26.1 Å². The molecule has 0 amide bonds. The van der Waals surface area contributed by atoms with Gasteiger partial charge in [-0.15, -0.1) is 0 Å². The van der Waals surface area contributed by atoms with E-state index in [0.717, 1.165) is 24.9 Å². The van der Waals surface area contributed by atoms with Gasteiger partial charge in [0, 0.05) is 12.6 Å². The van der Waals surface area contributed by atoms with Crippen LogP contribution in [0.2, 0.25) is 5.02 Å².